The van der Waals surface area contributed by atoms with Crippen molar-refractivity contribution in [3.63, 3.8) is 0 Å². The fourth-order valence-electron chi connectivity index (χ4n) is 2.41. The lowest BCUT2D eigenvalue weighted by Gasteiger charge is -2.32. The predicted molar refractivity (Wildman–Crippen MR) is 101 cm³/mol. The summed E-state index contributed by atoms with van der Waals surface area (Å²) in [6, 6.07) is 4.84. The van der Waals surface area contributed by atoms with Crippen LogP contribution < -0.4 is 5.46 Å². The number of carbonyl (C=O) groups is 1. The van der Waals surface area contributed by atoms with Crippen molar-refractivity contribution in [2.45, 2.75) is 57.6 Å². The Bertz CT molecular complexity index is 685. The summed E-state index contributed by atoms with van der Waals surface area (Å²) in [6.07, 6.45) is 0. The first kappa shape index (κ1) is 21.1. The summed E-state index contributed by atoms with van der Waals surface area (Å²) in [6.45, 7) is 12.0. The molecule has 1 unspecified atom stereocenters. The van der Waals surface area contributed by atoms with Crippen LogP contribution in [0.3, 0.4) is 0 Å². The maximum absolute atomic E-state index is 12.6. The minimum absolute atomic E-state index is 0.204. The molecule has 1 saturated heterocycles. The minimum Gasteiger partial charge on any atom is -0.462 e. The third-order valence-corrected chi connectivity index (χ3v) is 5.59. The van der Waals surface area contributed by atoms with E-state index in [1.807, 2.05) is 41.5 Å². The van der Waals surface area contributed by atoms with E-state index in [1.54, 1.807) is 12.1 Å². The van der Waals surface area contributed by atoms with E-state index in [0.29, 0.717) is 17.0 Å². The predicted octanol–water partition coefficient (Wildman–Crippen LogP) is 2.47. The van der Waals surface area contributed by atoms with Crippen molar-refractivity contribution in [3.8, 4) is 0 Å². The highest BCUT2D eigenvalue weighted by atomic mass is 32.2. The molecule has 0 aliphatic carbocycles. The molecule has 0 aromatic heterocycles. The van der Waals surface area contributed by atoms with Crippen LogP contribution in [-0.2, 0) is 29.3 Å². The quantitative estimate of drug-likeness (QED) is 0.556. The normalized spacial score (nSPS) is 19.6. The van der Waals surface area contributed by atoms with Crippen LogP contribution in [0, 0.1) is 5.92 Å². The van der Waals surface area contributed by atoms with Gasteiger partial charge in [0, 0.05) is 0 Å². The lowest BCUT2D eigenvalue weighted by molar-refractivity contribution is 0.00578. The van der Waals surface area contributed by atoms with E-state index >= 15 is 0 Å². The maximum Gasteiger partial charge on any atom is 0.495 e. The van der Waals surface area contributed by atoms with Gasteiger partial charge >= 0.3 is 13.1 Å². The van der Waals surface area contributed by atoms with Crippen molar-refractivity contribution < 1.29 is 27.2 Å². The van der Waals surface area contributed by atoms with Gasteiger partial charge in [0.2, 0.25) is 0 Å². The lowest BCUT2D eigenvalue weighted by atomic mass is 9.76. The van der Waals surface area contributed by atoms with Gasteiger partial charge in [-0.05, 0) is 51.2 Å². The van der Waals surface area contributed by atoms with Crippen LogP contribution in [-0.4, -0.2) is 42.2 Å². The van der Waals surface area contributed by atoms with Gasteiger partial charge < -0.3 is 14.0 Å². The van der Waals surface area contributed by atoms with Crippen LogP contribution >= 0.6 is 0 Å². The van der Waals surface area contributed by atoms with Gasteiger partial charge in [0.25, 0.3) is 0 Å². The molecule has 1 aromatic carbocycles. The van der Waals surface area contributed by atoms with E-state index in [9.17, 15) is 9.00 Å². The molecule has 8 heteroatoms. The molecule has 0 saturated carbocycles. The summed E-state index contributed by atoms with van der Waals surface area (Å²) < 4.78 is 34.3. The van der Waals surface area contributed by atoms with E-state index in [4.69, 9.17) is 18.2 Å². The molecule has 1 fully saturated rings. The highest BCUT2D eigenvalue weighted by Gasteiger charge is 2.52. The van der Waals surface area contributed by atoms with Gasteiger partial charge in [-0.3, -0.25) is 4.18 Å². The van der Waals surface area contributed by atoms with Crippen molar-refractivity contribution in [1.29, 1.82) is 0 Å². The molecule has 1 aliphatic heterocycles. The summed E-state index contributed by atoms with van der Waals surface area (Å²) in [5.41, 5.74) is -0.253. The largest absolute Gasteiger partial charge is 0.495 e. The molecular formula is C18H27BO6S. The van der Waals surface area contributed by atoms with Crippen LogP contribution in [0.1, 0.15) is 51.9 Å². The number of ether oxygens (including phenoxy) is 1. The van der Waals surface area contributed by atoms with Gasteiger partial charge in [0.1, 0.15) is 0 Å². The first-order valence-corrected chi connectivity index (χ1v) is 9.69. The smallest absolute Gasteiger partial charge is 0.462 e. The Labute approximate surface area is 158 Å². The molecule has 0 bridgehead atoms. The SMILES string of the molecule is COS(=O)c1ccc(B2OC(C)(C)C(C)(C)O2)c(C(=O)OCC(C)C)c1. The van der Waals surface area contributed by atoms with Gasteiger partial charge in [0.05, 0.1) is 35.4 Å². The Morgan fingerprint density at radius 2 is 1.77 bits per heavy atom. The number of esters is 1. The molecule has 6 nitrogen and oxygen atoms in total. The minimum atomic E-state index is -1.66. The number of benzene rings is 1. The molecule has 2 rings (SSSR count). The zero-order valence-corrected chi connectivity index (χ0v) is 17.3. The van der Waals surface area contributed by atoms with Crippen LogP contribution in [0.2, 0.25) is 0 Å². The Morgan fingerprint density at radius 1 is 1.19 bits per heavy atom. The standard InChI is InChI=1S/C18H27BO6S/c1-12(2)11-23-16(20)14-10-13(26(21)22-7)8-9-15(14)19-24-17(3,4)18(5,6)25-19/h8-10,12H,11H2,1-7H3. The molecule has 26 heavy (non-hydrogen) atoms. The Kier molecular flexibility index (Phi) is 6.33. The van der Waals surface area contributed by atoms with Crippen molar-refractivity contribution in [3.05, 3.63) is 23.8 Å². The van der Waals surface area contributed by atoms with Crippen molar-refractivity contribution in [2.75, 3.05) is 13.7 Å². The fourth-order valence-corrected chi connectivity index (χ4v) is 2.99. The topological polar surface area (TPSA) is 71.1 Å². The summed E-state index contributed by atoms with van der Waals surface area (Å²) in [5, 5.41) is 0. The lowest BCUT2D eigenvalue weighted by Crippen LogP contribution is -2.41. The molecule has 1 aromatic rings. The van der Waals surface area contributed by atoms with Crippen LogP contribution in [0.15, 0.2) is 23.1 Å². The van der Waals surface area contributed by atoms with Crippen LogP contribution in [0.5, 0.6) is 0 Å². The van der Waals surface area contributed by atoms with Crippen LogP contribution in [0.25, 0.3) is 0 Å². The van der Waals surface area contributed by atoms with E-state index < -0.39 is 35.4 Å². The summed E-state index contributed by atoms with van der Waals surface area (Å²) >= 11 is -1.66. The average molecular weight is 382 g/mol. The van der Waals surface area contributed by atoms with E-state index in [1.165, 1.54) is 13.2 Å². The van der Waals surface area contributed by atoms with Gasteiger partial charge in [-0.1, -0.05) is 19.9 Å². The van der Waals surface area contributed by atoms with Gasteiger partial charge in [-0.2, -0.15) is 0 Å². The molecule has 0 radical (unpaired) electrons. The second-order valence-electron chi connectivity index (χ2n) is 7.73. The van der Waals surface area contributed by atoms with Crippen LogP contribution in [0.4, 0.5) is 0 Å². The fraction of sp³-hybridized carbons (Fsp3) is 0.611. The first-order valence-electron chi connectivity index (χ1n) is 8.61. The first-order chi connectivity index (χ1) is 12.0. The number of rotatable bonds is 6. The molecule has 1 atom stereocenters. The zero-order chi connectivity index (χ0) is 19.7. The summed E-state index contributed by atoms with van der Waals surface area (Å²) in [5.74, 6) is -0.297. The number of carbonyl (C=O) groups excluding carboxylic acids is 1. The zero-order valence-electron chi connectivity index (χ0n) is 16.5. The second kappa shape index (κ2) is 7.80. The number of hydrogen-bond donors (Lipinski definition) is 0. The maximum atomic E-state index is 12.6. The summed E-state index contributed by atoms with van der Waals surface area (Å²) in [7, 11) is 0.626. The van der Waals surface area contributed by atoms with E-state index in [-0.39, 0.29) is 11.5 Å². The molecule has 0 N–H and O–H groups in total. The summed E-state index contributed by atoms with van der Waals surface area (Å²) in [4.78, 5) is 13.0. The van der Waals surface area contributed by atoms with Crippen molar-refractivity contribution >= 4 is 29.6 Å². The Morgan fingerprint density at radius 3 is 2.27 bits per heavy atom. The van der Waals surface area contributed by atoms with E-state index in [0.717, 1.165) is 0 Å². The van der Waals surface area contributed by atoms with Gasteiger partial charge in [0.15, 0.2) is 11.1 Å². The monoisotopic (exact) mass is 382 g/mol. The van der Waals surface area contributed by atoms with Crippen molar-refractivity contribution in [1.82, 2.24) is 0 Å². The Balaban J connectivity index is 2.42. The third kappa shape index (κ3) is 4.36. The third-order valence-electron chi connectivity index (χ3n) is 4.64. The molecule has 0 spiro atoms. The second-order valence-corrected chi connectivity index (χ2v) is 9.01. The van der Waals surface area contributed by atoms with Gasteiger partial charge in [-0.25, -0.2) is 9.00 Å². The average Bonchev–Trinajstić information content (AvgIpc) is 2.79. The van der Waals surface area contributed by atoms with E-state index in [2.05, 4.69) is 0 Å². The molecular weight excluding hydrogens is 355 g/mol. The van der Waals surface area contributed by atoms with Crippen molar-refractivity contribution in [2.24, 2.45) is 5.92 Å². The Hall–Kier alpha value is -1.22. The molecule has 1 heterocycles. The molecule has 0 amide bonds. The van der Waals surface area contributed by atoms with Gasteiger partial charge in [-0.15, -0.1) is 0 Å². The highest BCUT2D eigenvalue weighted by molar-refractivity contribution is 7.80. The highest BCUT2D eigenvalue weighted by Crippen LogP contribution is 2.36. The molecule has 144 valence electrons. The molecule has 1 aliphatic rings. The number of hydrogen-bond acceptors (Lipinski definition) is 6.